The van der Waals surface area contributed by atoms with E-state index in [2.05, 4.69) is 4.84 Å². The van der Waals surface area contributed by atoms with Crippen molar-refractivity contribution in [1.82, 2.24) is 0 Å². The SMILES string of the molecule is COc1ccc(S(=O)(=O)CCCON)cc1Cl. The smallest absolute Gasteiger partial charge is 0.178 e. The minimum Gasteiger partial charge on any atom is -0.495 e. The fourth-order valence-corrected chi connectivity index (χ4v) is 2.92. The molecule has 0 aliphatic heterocycles. The van der Waals surface area contributed by atoms with Gasteiger partial charge in [-0.3, -0.25) is 0 Å². The summed E-state index contributed by atoms with van der Waals surface area (Å²) in [6, 6.07) is 4.36. The Morgan fingerprint density at radius 3 is 2.65 bits per heavy atom. The van der Waals surface area contributed by atoms with Gasteiger partial charge in [0.25, 0.3) is 0 Å². The Balaban J connectivity index is 2.88. The van der Waals surface area contributed by atoms with Crippen LogP contribution in [-0.4, -0.2) is 27.9 Å². The van der Waals surface area contributed by atoms with Crippen molar-refractivity contribution in [3.05, 3.63) is 23.2 Å². The number of benzene rings is 1. The average Bonchev–Trinajstić information content (AvgIpc) is 2.29. The first kappa shape index (κ1) is 14.2. The molecule has 0 heterocycles. The summed E-state index contributed by atoms with van der Waals surface area (Å²) in [5, 5.41) is 0.267. The summed E-state index contributed by atoms with van der Waals surface area (Å²) in [4.78, 5) is 4.49. The first-order valence-corrected chi connectivity index (χ1v) is 6.92. The van der Waals surface area contributed by atoms with Crippen molar-refractivity contribution >= 4 is 21.4 Å². The van der Waals surface area contributed by atoms with Crippen LogP contribution < -0.4 is 10.6 Å². The van der Waals surface area contributed by atoms with Gasteiger partial charge in [-0.15, -0.1) is 0 Å². The van der Waals surface area contributed by atoms with Gasteiger partial charge in [0.05, 0.1) is 29.4 Å². The maximum absolute atomic E-state index is 11.9. The summed E-state index contributed by atoms with van der Waals surface area (Å²) in [7, 11) is -1.89. The van der Waals surface area contributed by atoms with Gasteiger partial charge in [-0.2, -0.15) is 0 Å². The molecule has 0 saturated carbocycles. The summed E-state index contributed by atoms with van der Waals surface area (Å²) < 4.78 is 28.7. The zero-order valence-electron chi connectivity index (χ0n) is 9.35. The Hall–Kier alpha value is -0.820. The van der Waals surface area contributed by atoms with Crippen molar-refractivity contribution in [3.63, 3.8) is 0 Å². The Labute approximate surface area is 105 Å². The second-order valence-corrected chi connectivity index (χ2v) is 5.86. The molecule has 1 rings (SSSR count). The molecule has 0 spiro atoms. The first-order chi connectivity index (χ1) is 8.01. The number of rotatable bonds is 6. The van der Waals surface area contributed by atoms with E-state index in [1.807, 2.05) is 0 Å². The minimum absolute atomic E-state index is 0.0349. The lowest BCUT2D eigenvalue weighted by Crippen LogP contribution is -2.11. The summed E-state index contributed by atoms with van der Waals surface area (Å²) in [5.74, 6) is 5.23. The van der Waals surface area contributed by atoms with Gasteiger partial charge < -0.3 is 9.57 Å². The van der Waals surface area contributed by atoms with Gasteiger partial charge >= 0.3 is 0 Å². The molecule has 0 radical (unpaired) electrons. The van der Waals surface area contributed by atoms with Gasteiger partial charge in [0.2, 0.25) is 0 Å². The predicted octanol–water partition coefficient (Wildman–Crippen LogP) is 1.40. The monoisotopic (exact) mass is 279 g/mol. The van der Waals surface area contributed by atoms with E-state index in [1.165, 1.54) is 25.3 Å². The molecule has 0 atom stereocenters. The van der Waals surface area contributed by atoms with Crippen LogP contribution in [0.2, 0.25) is 5.02 Å². The summed E-state index contributed by atoms with van der Waals surface area (Å²) in [5.41, 5.74) is 0. The zero-order valence-corrected chi connectivity index (χ0v) is 10.9. The first-order valence-electron chi connectivity index (χ1n) is 4.89. The molecule has 0 bridgehead atoms. The maximum atomic E-state index is 11.9. The normalized spacial score (nSPS) is 11.5. The van der Waals surface area contributed by atoms with Crippen LogP contribution in [0.1, 0.15) is 6.42 Å². The molecule has 0 aliphatic carbocycles. The average molecular weight is 280 g/mol. The third kappa shape index (κ3) is 3.85. The van der Waals surface area contributed by atoms with Crippen LogP contribution in [0.15, 0.2) is 23.1 Å². The lowest BCUT2D eigenvalue weighted by Gasteiger charge is -2.07. The molecule has 2 N–H and O–H groups in total. The molecule has 0 aliphatic rings. The van der Waals surface area contributed by atoms with Gasteiger partial charge in [0.1, 0.15) is 5.75 Å². The Morgan fingerprint density at radius 1 is 1.41 bits per heavy atom. The van der Waals surface area contributed by atoms with Crippen molar-refractivity contribution in [2.45, 2.75) is 11.3 Å². The molecule has 0 amide bonds. The van der Waals surface area contributed by atoms with Crippen molar-refractivity contribution in [2.75, 3.05) is 19.5 Å². The van der Waals surface area contributed by atoms with Gasteiger partial charge in [-0.05, 0) is 24.6 Å². The topological polar surface area (TPSA) is 78.6 Å². The second kappa shape index (κ2) is 6.20. The summed E-state index contributed by atoms with van der Waals surface area (Å²) in [6.07, 6.45) is 0.336. The van der Waals surface area contributed by atoms with Crippen LogP contribution >= 0.6 is 11.6 Å². The molecule has 5 nitrogen and oxygen atoms in total. The molecule has 0 fully saturated rings. The van der Waals surface area contributed by atoms with Gasteiger partial charge in [-0.1, -0.05) is 11.6 Å². The number of hydrogen-bond acceptors (Lipinski definition) is 5. The molecular weight excluding hydrogens is 266 g/mol. The molecule has 17 heavy (non-hydrogen) atoms. The largest absolute Gasteiger partial charge is 0.495 e. The van der Waals surface area contributed by atoms with Crippen LogP contribution in [0.3, 0.4) is 0 Å². The van der Waals surface area contributed by atoms with Gasteiger partial charge in [0.15, 0.2) is 9.84 Å². The highest BCUT2D eigenvalue weighted by atomic mass is 35.5. The highest BCUT2D eigenvalue weighted by molar-refractivity contribution is 7.91. The van der Waals surface area contributed by atoms with Gasteiger partial charge in [0, 0.05) is 0 Å². The van der Waals surface area contributed by atoms with Crippen LogP contribution in [-0.2, 0) is 14.7 Å². The van der Waals surface area contributed by atoms with Crippen LogP contribution in [0.5, 0.6) is 5.75 Å². The molecule has 0 aromatic heterocycles. The summed E-state index contributed by atoms with van der Waals surface area (Å²) >= 11 is 5.86. The maximum Gasteiger partial charge on any atom is 0.178 e. The zero-order chi connectivity index (χ0) is 12.9. The van der Waals surface area contributed by atoms with E-state index in [1.54, 1.807) is 0 Å². The molecule has 1 aromatic carbocycles. The highest BCUT2D eigenvalue weighted by Crippen LogP contribution is 2.27. The van der Waals surface area contributed by atoms with Crippen LogP contribution in [0, 0.1) is 0 Å². The fourth-order valence-electron chi connectivity index (χ4n) is 1.29. The Kier molecular flexibility index (Phi) is 5.20. The molecular formula is C10H14ClNO4S. The second-order valence-electron chi connectivity index (χ2n) is 3.34. The van der Waals surface area contributed by atoms with Crippen LogP contribution in [0.4, 0.5) is 0 Å². The van der Waals surface area contributed by atoms with E-state index in [0.717, 1.165) is 0 Å². The number of nitrogens with two attached hydrogens (primary N) is 1. The third-order valence-corrected chi connectivity index (χ3v) is 4.25. The van der Waals surface area contributed by atoms with Crippen molar-refractivity contribution in [3.8, 4) is 5.75 Å². The minimum atomic E-state index is -3.36. The molecule has 1 aromatic rings. The molecule has 0 saturated heterocycles. The molecule has 96 valence electrons. The number of halogens is 1. The standard InChI is InChI=1S/C10H14ClNO4S/c1-15-10-4-3-8(7-9(10)11)17(13,14)6-2-5-16-12/h3-4,7H,2,5-6,12H2,1H3. The highest BCUT2D eigenvalue weighted by Gasteiger charge is 2.15. The van der Waals surface area contributed by atoms with Gasteiger partial charge in [-0.25, -0.2) is 14.3 Å². The number of sulfone groups is 1. The van der Waals surface area contributed by atoms with E-state index in [0.29, 0.717) is 12.2 Å². The molecule has 0 unspecified atom stereocenters. The Morgan fingerprint density at radius 2 is 2.12 bits per heavy atom. The Bertz CT molecular complexity index is 475. The van der Waals surface area contributed by atoms with E-state index >= 15 is 0 Å². The van der Waals surface area contributed by atoms with Crippen molar-refractivity contribution in [1.29, 1.82) is 0 Å². The van der Waals surface area contributed by atoms with Crippen molar-refractivity contribution in [2.24, 2.45) is 5.90 Å². The molecule has 7 heteroatoms. The number of ether oxygens (including phenoxy) is 1. The number of hydrogen-bond donors (Lipinski definition) is 1. The quantitative estimate of drug-likeness (QED) is 0.629. The van der Waals surface area contributed by atoms with E-state index in [4.69, 9.17) is 22.2 Å². The predicted molar refractivity (Wildman–Crippen MR) is 64.8 cm³/mol. The van der Waals surface area contributed by atoms with Crippen molar-refractivity contribution < 1.29 is 18.0 Å². The fraction of sp³-hybridized carbons (Fsp3) is 0.400. The van der Waals surface area contributed by atoms with Crippen LogP contribution in [0.25, 0.3) is 0 Å². The van der Waals surface area contributed by atoms with E-state index in [-0.39, 0.29) is 22.3 Å². The van der Waals surface area contributed by atoms with E-state index < -0.39 is 9.84 Å². The lowest BCUT2D eigenvalue weighted by molar-refractivity contribution is 0.139. The number of methoxy groups -OCH3 is 1. The summed E-state index contributed by atoms with van der Waals surface area (Å²) in [6.45, 7) is 0.198. The van der Waals surface area contributed by atoms with E-state index in [9.17, 15) is 8.42 Å². The third-order valence-electron chi connectivity index (χ3n) is 2.16. The lowest BCUT2D eigenvalue weighted by atomic mass is 10.3.